The molecule has 0 radical (unpaired) electrons. The van der Waals surface area contributed by atoms with Crippen molar-refractivity contribution in [3.63, 3.8) is 0 Å². The molecular formula is C11H24N2O. The number of nitrogens with two attached hydrogens (primary N) is 1. The van der Waals surface area contributed by atoms with E-state index in [1.54, 1.807) is 0 Å². The van der Waals surface area contributed by atoms with Gasteiger partial charge in [0.25, 0.3) is 0 Å². The summed E-state index contributed by atoms with van der Waals surface area (Å²) in [5.74, 6) is 1.10. The van der Waals surface area contributed by atoms with E-state index in [-0.39, 0.29) is 12.6 Å². The van der Waals surface area contributed by atoms with Crippen LogP contribution in [-0.4, -0.2) is 30.3 Å². The summed E-state index contributed by atoms with van der Waals surface area (Å²) in [6.07, 6.45) is 3.73. The Morgan fingerprint density at radius 3 is 2.64 bits per heavy atom. The second-order valence-corrected chi connectivity index (χ2v) is 4.73. The second-order valence-electron chi connectivity index (χ2n) is 4.73. The maximum absolute atomic E-state index is 9.22. The summed E-state index contributed by atoms with van der Waals surface area (Å²) in [7, 11) is 0. The lowest BCUT2D eigenvalue weighted by Gasteiger charge is -2.27. The van der Waals surface area contributed by atoms with Gasteiger partial charge in [-0.2, -0.15) is 0 Å². The Kier molecular flexibility index (Phi) is 4.85. The van der Waals surface area contributed by atoms with Crippen molar-refractivity contribution >= 4 is 0 Å². The molecule has 1 aliphatic carbocycles. The molecule has 3 heteroatoms. The fourth-order valence-corrected chi connectivity index (χ4v) is 2.27. The van der Waals surface area contributed by atoms with Crippen molar-refractivity contribution in [1.29, 1.82) is 0 Å². The van der Waals surface area contributed by atoms with Crippen molar-refractivity contribution in [1.82, 2.24) is 5.32 Å². The highest BCUT2D eigenvalue weighted by Gasteiger charge is 2.28. The maximum atomic E-state index is 9.22. The Hall–Kier alpha value is -0.120. The van der Waals surface area contributed by atoms with Crippen LogP contribution in [0.25, 0.3) is 0 Å². The number of aliphatic hydroxyl groups is 1. The number of aliphatic hydroxyl groups excluding tert-OH is 1. The SMILES string of the molecule is CC(C)C(CO)NC1CCCC1CN. The van der Waals surface area contributed by atoms with Gasteiger partial charge in [0.1, 0.15) is 0 Å². The lowest BCUT2D eigenvalue weighted by molar-refractivity contribution is 0.190. The average molecular weight is 200 g/mol. The first-order chi connectivity index (χ1) is 6.69. The minimum atomic E-state index is 0.228. The van der Waals surface area contributed by atoms with Crippen molar-refractivity contribution in [2.24, 2.45) is 17.6 Å². The van der Waals surface area contributed by atoms with Crippen LogP contribution in [0.3, 0.4) is 0 Å². The van der Waals surface area contributed by atoms with Crippen LogP contribution in [0.15, 0.2) is 0 Å². The van der Waals surface area contributed by atoms with Crippen LogP contribution in [0.5, 0.6) is 0 Å². The molecule has 0 aliphatic heterocycles. The molecule has 0 amide bonds. The normalized spacial score (nSPS) is 29.8. The molecular weight excluding hydrogens is 176 g/mol. The van der Waals surface area contributed by atoms with E-state index in [0.717, 1.165) is 6.54 Å². The van der Waals surface area contributed by atoms with Crippen LogP contribution in [-0.2, 0) is 0 Å². The summed E-state index contributed by atoms with van der Waals surface area (Å²) in [6, 6.07) is 0.756. The molecule has 14 heavy (non-hydrogen) atoms. The van der Waals surface area contributed by atoms with Crippen molar-refractivity contribution in [2.45, 2.75) is 45.2 Å². The fourth-order valence-electron chi connectivity index (χ4n) is 2.27. The van der Waals surface area contributed by atoms with Crippen LogP contribution in [0.1, 0.15) is 33.1 Å². The molecule has 0 saturated heterocycles. The van der Waals surface area contributed by atoms with E-state index in [0.29, 0.717) is 17.9 Å². The molecule has 3 atom stereocenters. The topological polar surface area (TPSA) is 58.3 Å². The van der Waals surface area contributed by atoms with Crippen LogP contribution in [0.2, 0.25) is 0 Å². The van der Waals surface area contributed by atoms with Gasteiger partial charge in [-0.1, -0.05) is 20.3 Å². The standard InChI is InChI=1S/C11H24N2O/c1-8(2)11(7-14)13-10-5-3-4-9(10)6-12/h8-11,13-14H,3-7,12H2,1-2H3. The first-order valence-electron chi connectivity index (χ1n) is 5.76. The molecule has 84 valence electrons. The summed E-state index contributed by atoms with van der Waals surface area (Å²) >= 11 is 0. The zero-order chi connectivity index (χ0) is 10.6. The Morgan fingerprint density at radius 1 is 1.43 bits per heavy atom. The predicted octanol–water partition coefficient (Wildman–Crippen LogP) is 0.720. The highest BCUT2D eigenvalue weighted by atomic mass is 16.3. The van der Waals surface area contributed by atoms with E-state index in [4.69, 9.17) is 5.73 Å². The van der Waals surface area contributed by atoms with Gasteiger partial charge >= 0.3 is 0 Å². The first kappa shape index (κ1) is 12.0. The van der Waals surface area contributed by atoms with Crippen molar-refractivity contribution in [3.05, 3.63) is 0 Å². The van der Waals surface area contributed by atoms with Gasteiger partial charge in [-0.25, -0.2) is 0 Å². The molecule has 0 aromatic carbocycles. The smallest absolute Gasteiger partial charge is 0.0587 e. The lowest BCUT2D eigenvalue weighted by atomic mass is 9.99. The molecule has 3 nitrogen and oxygen atoms in total. The van der Waals surface area contributed by atoms with Crippen molar-refractivity contribution in [2.75, 3.05) is 13.2 Å². The van der Waals surface area contributed by atoms with Gasteiger partial charge in [0.15, 0.2) is 0 Å². The van der Waals surface area contributed by atoms with E-state index in [2.05, 4.69) is 19.2 Å². The molecule has 0 bridgehead atoms. The third kappa shape index (κ3) is 2.94. The quantitative estimate of drug-likeness (QED) is 0.613. The number of nitrogens with one attached hydrogen (secondary N) is 1. The number of hydrogen-bond acceptors (Lipinski definition) is 3. The van der Waals surface area contributed by atoms with Gasteiger partial charge < -0.3 is 16.2 Å². The molecule has 1 fully saturated rings. The largest absolute Gasteiger partial charge is 0.395 e. The molecule has 0 heterocycles. The molecule has 3 unspecified atom stereocenters. The van der Waals surface area contributed by atoms with Crippen LogP contribution in [0, 0.1) is 11.8 Å². The van der Waals surface area contributed by atoms with Gasteiger partial charge in [0.05, 0.1) is 6.61 Å². The predicted molar refractivity (Wildman–Crippen MR) is 59.0 cm³/mol. The second kappa shape index (κ2) is 5.69. The van der Waals surface area contributed by atoms with E-state index in [1.807, 2.05) is 0 Å². The molecule has 0 spiro atoms. The van der Waals surface area contributed by atoms with Gasteiger partial charge in [0, 0.05) is 12.1 Å². The minimum Gasteiger partial charge on any atom is -0.395 e. The molecule has 4 N–H and O–H groups in total. The van der Waals surface area contributed by atoms with Gasteiger partial charge in [-0.3, -0.25) is 0 Å². The van der Waals surface area contributed by atoms with Gasteiger partial charge in [0.2, 0.25) is 0 Å². The molecule has 0 aromatic rings. The lowest BCUT2D eigenvalue weighted by Crippen LogP contribution is -2.46. The van der Waals surface area contributed by atoms with E-state index in [9.17, 15) is 5.11 Å². The summed E-state index contributed by atoms with van der Waals surface area (Å²) in [4.78, 5) is 0. The van der Waals surface area contributed by atoms with Crippen LogP contribution < -0.4 is 11.1 Å². The Bertz CT molecular complexity index is 161. The summed E-state index contributed by atoms with van der Waals surface area (Å²) in [5, 5.41) is 12.8. The van der Waals surface area contributed by atoms with E-state index in [1.165, 1.54) is 19.3 Å². The van der Waals surface area contributed by atoms with Gasteiger partial charge in [-0.15, -0.1) is 0 Å². The molecule has 1 rings (SSSR count). The monoisotopic (exact) mass is 200 g/mol. The van der Waals surface area contributed by atoms with Gasteiger partial charge in [-0.05, 0) is 31.2 Å². The third-order valence-electron chi connectivity index (χ3n) is 3.39. The summed E-state index contributed by atoms with van der Waals surface area (Å²) in [6.45, 7) is 5.28. The van der Waals surface area contributed by atoms with Crippen molar-refractivity contribution < 1.29 is 5.11 Å². The zero-order valence-electron chi connectivity index (χ0n) is 9.37. The van der Waals surface area contributed by atoms with Crippen LogP contribution in [0.4, 0.5) is 0 Å². The highest BCUT2D eigenvalue weighted by Crippen LogP contribution is 2.25. The number of hydrogen-bond donors (Lipinski definition) is 3. The minimum absolute atomic E-state index is 0.228. The fraction of sp³-hybridized carbons (Fsp3) is 1.00. The van der Waals surface area contributed by atoms with E-state index >= 15 is 0 Å². The first-order valence-corrected chi connectivity index (χ1v) is 5.76. The molecule has 1 saturated carbocycles. The molecule has 0 aromatic heterocycles. The highest BCUT2D eigenvalue weighted by molar-refractivity contribution is 4.86. The summed E-state index contributed by atoms with van der Waals surface area (Å²) < 4.78 is 0. The Balaban J connectivity index is 2.41. The summed E-state index contributed by atoms with van der Waals surface area (Å²) in [5.41, 5.74) is 5.71. The maximum Gasteiger partial charge on any atom is 0.0587 e. The van der Waals surface area contributed by atoms with E-state index < -0.39 is 0 Å². The van der Waals surface area contributed by atoms with Crippen LogP contribution >= 0.6 is 0 Å². The Morgan fingerprint density at radius 2 is 2.14 bits per heavy atom. The zero-order valence-corrected chi connectivity index (χ0v) is 9.37. The van der Waals surface area contributed by atoms with Crippen molar-refractivity contribution in [3.8, 4) is 0 Å². The third-order valence-corrected chi connectivity index (χ3v) is 3.39. The number of rotatable bonds is 5. The Labute approximate surface area is 87.1 Å². The molecule has 1 aliphatic rings. The average Bonchev–Trinajstić information content (AvgIpc) is 2.60.